The van der Waals surface area contributed by atoms with Crippen molar-refractivity contribution in [3.63, 3.8) is 0 Å². The molecule has 0 aliphatic rings. The van der Waals surface area contributed by atoms with Gasteiger partial charge in [0.15, 0.2) is 6.61 Å². The molecule has 2 nitrogen and oxygen atoms in total. The molecule has 19 heavy (non-hydrogen) atoms. The summed E-state index contributed by atoms with van der Waals surface area (Å²) in [6.07, 6.45) is 0.904. The lowest BCUT2D eigenvalue weighted by molar-refractivity contribution is 0.0925. The lowest BCUT2D eigenvalue weighted by atomic mass is 10.3. The highest BCUT2D eigenvalue weighted by Gasteiger charge is 2.10. The Kier molecular flexibility index (Phi) is 4.56. The minimum atomic E-state index is -0.559. The van der Waals surface area contributed by atoms with Crippen LogP contribution in [0.4, 0.5) is 4.39 Å². The van der Waals surface area contributed by atoms with Crippen LogP contribution in [-0.4, -0.2) is 12.4 Å². The maximum Gasteiger partial charge on any atom is 0.210 e. The van der Waals surface area contributed by atoms with E-state index in [9.17, 15) is 9.18 Å². The van der Waals surface area contributed by atoms with E-state index in [0.29, 0.717) is 10.6 Å². The van der Waals surface area contributed by atoms with Crippen LogP contribution in [0.1, 0.15) is 21.5 Å². The third kappa shape index (κ3) is 3.55. The van der Waals surface area contributed by atoms with Gasteiger partial charge in [-0.05, 0) is 30.7 Å². The fraction of sp³-hybridized carbons (Fsp3) is 0.214. The Balaban J connectivity index is 1.98. The molecule has 1 aromatic heterocycles. The van der Waals surface area contributed by atoms with Gasteiger partial charge in [-0.25, -0.2) is 4.39 Å². The normalized spacial score (nSPS) is 10.5. The lowest BCUT2D eigenvalue weighted by Crippen LogP contribution is -2.10. The molecule has 0 N–H and O–H groups in total. The average molecular weight is 299 g/mol. The van der Waals surface area contributed by atoms with Crippen molar-refractivity contribution in [1.82, 2.24) is 0 Å². The van der Waals surface area contributed by atoms with Crippen LogP contribution < -0.4 is 4.74 Å². The molecule has 2 aromatic rings. The van der Waals surface area contributed by atoms with Gasteiger partial charge in [0.2, 0.25) is 5.78 Å². The Morgan fingerprint density at radius 2 is 2.16 bits per heavy atom. The molecule has 0 amide bonds. The molecule has 0 radical (unpaired) electrons. The molecule has 0 fully saturated rings. The topological polar surface area (TPSA) is 26.3 Å². The maximum atomic E-state index is 13.2. The summed E-state index contributed by atoms with van der Waals surface area (Å²) in [4.78, 5) is 13.7. The Morgan fingerprint density at radius 3 is 2.79 bits per heavy atom. The molecular weight excluding hydrogens is 287 g/mol. The molecule has 0 atom stereocenters. The van der Waals surface area contributed by atoms with E-state index in [1.54, 1.807) is 6.07 Å². The Bertz CT molecular complexity index is 595. The van der Waals surface area contributed by atoms with Crippen molar-refractivity contribution in [3.05, 3.63) is 50.9 Å². The molecule has 0 unspecified atom stereocenters. The Hall–Kier alpha value is -1.39. The largest absolute Gasteiger partial charge is 0.485 e. The zero-order valence-corrected chi connectivity index (χ0v) is 11.9. The van der Waals surface area contributed by atoms with Crippen LogP contribution in [0.25, 0.3) is 0 Å². The van der Waals surface area contributed by atoms with E-state index in [4.69, 9.17) is 16.3 Å². The molecule has 0 bridgehead atoms. The van der Waals surface area contributed by atoms with E-state index < -0.39 is 5.82 Å². The first-order chi connectivity index (χ1) is 9.10. The molecule has 0 aliphatic heterocycles. The highest BCUT2D eigenvalue weighted by molar-refractivity contribution is 7.14. The number of rotatable bonds is 5. The number of benzene rings is 1. The first-order valence-electron chi connectivity index (χ1n) is 5.80. The second kappa shape index (κ2) is 6.17. The SMILES string of the molecule is CCc1ccc(C(=O)COc2ccc(Cl)c(F)c2)s1. The number of ketones is 1. The van der Waals surface area contributed by atoms with E-state index in [2.05, 4.69) is 0 Å². The number of hydrogen-bond donors (Lipinski definition) is 0. The number of hydrogen-bond acceptors (Lipinski definition) is 3. The molecule has 0 saturated carbocycles. The van der Waals surface area contributed by atoms with Gasteiger partial charge >= 0.3 is 0 Å². The van der Waals surface area contributed by atoms with Crippen molar-refractivity contribution >= 4 is 28.7 Å². The van der Waals surface area contributed by atoms with Gasteiger partial charge in [0.05, 0.1) is 9.90 Å². The minimum absolute atomic E-state index is 0.0320. The van der Waals surface area contributed by atoms with Crippen LogP contribution in [0.2, 0.25) is 5.02 Å². The third-order valence-corrected chi connectivity index (χ3v) is 4.12. The van der Waals surface area contributed by atoms with Crippen molar-refractivity contribution in [3.8, 4) is 5.75 Å². The second-order valence-corrected chi connectivity index (χ2v) is 5.48. The molecule has 1 heterocycles. The predicted octanol–water partition coefficient (Wildman–Crippen LogP) is 4.36. The van der Waals surface area contributed by atoms with Crippen LogP contribution >= 0.6 is 22.9 Å². The zero-order valence-electron chi connectivity index (χ0n) is 10.3. The first-order valence-corrected chi connectivity index (χ1v) is 6.99. The quantitative estimate of drug-likeness (QED) is 0.766. The van der Waals surface area contributed by atoms with E-state index in [1.807, 2.05) is 13.0 Å². The molecule has 2 rings (SSSR count). The molecule has 0 saturated heterocycles. The summed E-state index contributed by atoms with van der Waals surface area (Å²) in [7, 11) is 0. The minimum Gasteiger partial charge on any atom is -0.485 e. The Morgan fingerprint density at radius 1 is 1.37 bits per heavy atom. The lowest BCUT2D eigenvalue weighted by Gasteiger charge is -2.05. The molecular formula is C14H12ClFO2S. The third-order valence-electron chi connectivity index (χ3n) is 2.55. The molecule has 0 spiro atoms. The zero-order chi connectivity index (χ0) is 13.8. The van der Waals surface area contributed by atoms with Gasteiger partial charge in [0.25, 0.3) is 0 Å². The molecule has 100 valence electrons. The number of ether oxygens (including phenoxy) is 1. The summed E-state index contributed by atoms with van der Waals surface area (Å²) in [5, 5.41) is 0.0320. The van der Waals surface area contributed by atoms with Crippen molar-refractivity contribution < 1.29 is 13.9 Å². The fourth-order valence-electron chi connectivity index (χ4n) is 1.50. The summed E-state index contributed by atoms with van der Waals surface area (Å²) < 4.78 is 18.4. The van der Waals surface area contributed by atoms with Gasteiger partial charge in [-0.2, -0.15) is 0 Å². The summed E-state index contributed by atoms with van der Waals surface area (Å²) in [5.74, 6) is -0.376. The number of Topliss-reactive ketones (excluding diaryl/α,β-unsaturated/α-hetero) is 1. The van der Waals surface area contributed by atoms with Crippen LogP contribution in [0.5, 0.6) is 5.75 Å². The summed E-state index contributed by atoms with van der Waals surface area (Å²) in [6.45, 7) is 1.93. The Labute approximate surface area is 119 Å². The summed E-state index contributed by atoms with van der Waals surface area (Å²) >= 11 is 7.02. The molecule has 1 aromatic carbocycles. The van der Waals surface area contributed by atoms with Gasteiger partial charge in [0.1, 0.15) is 11.6 Å². The smallest absolute Gasteiger partial charge is 0.210 e. The van der Waals surface area contributed by atoms with Crippen LogP contribution in [0.15, 0.2) is 30.3 Å². The van der Waals surface area contributed by atoms with Gasteiger partial charge < -0.3 is 4.74 Å². The first kappa shape index (κ1) is 14.0. The molecule has 0 aliphatic carbocycles. The van der Waals surface area contributed by atoms with Crippen molar-refractivity contribution in [1.29, 1.82) is 0 Å². The van der Waals surface area contributed by atoms with Gasteiger partial charge in [-0.1, -0.05) is 18.5 Å². The number of carbonyl (C=O) groups excluding carboxylic acids is 1. The van der Waals surface area contributed by atoms with Crippen molar-refractivity contribution in [2.45, 2.75) is 13.3 Å². The standard InChI is InChI=1S/C14H12ClFO2S/c1-2-10-4-6-14(19-10)13(17)8-18-9-3-5-11(15)12(16)7-9/h3-7H,2,8H2,1H3. The van der Waals surface area contributed by atoms with Gasteiger partial charge in [-0.15, -0.1) is 11.3 Å². The number of aryl methyl sites for hydroxylation is 1. The van der Waals surface area contributed by atoms with E-state index in [-0.39, 0.29) is 17.4 Å². The van der Waals surface area contributed by atoms with E-state index >= 15 is 0 Å². The number of thiophene rings is 1. The highest BCUT2D eigenvalue weighted by Crippen LogP contribution is 2.21. The van der Waals surface area contributed by atoms with Gasteiger partial charge in [0, 0.05) is 10.9 Å². The number of carbonyl (C=O) groups is 1. The summed E-state index contributed by atoms with van der Waals surface area (Å²) in [5.41, 5.74) is 0. The second-order valence-electron chi connectivity index (χ2n) is 3.91. The monoisotopic (exact) mass is 298 g/mol. The van der Waals surface area contributed by atoms with Crippen LogP contribution in [-0.2, 0) is 6.42 Å². The van der Waals surface area contributed by atoms with Crippen molar-refractivity contribution in [2.24, 2.45) is 0 Å². The summed E-state index contributed by atoms with van der Waals surface area (Å²) in [6, 6.07) is 7.82. The van der Waals surface area contributed by atoms with Crippen LogP contribution in [0, 0.1) is 5.82 Å². The van der Waals surface area contributed by atoms with E-state index in [1.165, 1.54) is 29.5 Å². The van der Waals surface area contributed by atoms with E-state index in [0.717, 1.165) is 11.3 Å². The van der Waals surface area contributed by atoms with Crippen molar-refractivity contribution in [2.75, 3.05) is 6.61 Å². The molecule has 5 heteroatoms. The average Bonchev–Trinajstić information content (AvgIpc) is 2.88. The van der Waals surface area contributed by atoms with Crippen LogP contribution in [0.3, 0.4) is 0 Å². The maximum absolute atomic E-state index is 13.2. The number of halogens is 2. The highest BCUT2D eigenvalue weighted by atomic mass is 35.5. The van der Waals surface area contributed by atoms with Gasteiger partial charge in [-0.3, -0.25) is 4.79 Å². The fourth-order valence-corrected chi connectivity index (χ4v) is 2.49. The predicted molar refractivity (Wildman–Crippen MR) is 74.9 cm³/mol.